The smallest absolute Gasteiger partial charge is 0.410 e. The molecule has 0 saturated carbocycles. The molecule has 1 aromatic rings. The standard InChI is InChI=1S/C16H24N2O3/c1-12-5-6-14(11-17-12)20-13-7-9-18(10-8-13)15(19)21-16(2,3)4/h5-6,11,13H,7-10H2,1-4H3. The molecule has 1 amide bonds. The van der Waals surface area contributed by atoms with Gasteiger partial charge in [0.2, 0.25) is 0 Å². The predicted molar refractivity (Wildman–Crippen MR) is 80.4 cm³/mol. The summed E-state index contributed by atoms with van der Waals surface area (Å²) in [7, 11) is 0. The topological polar surface area (TPSA) is 51.7 Å². The molecular formula is C16H24N2O3. The van der Waals surface area contributed by atoms with Crippen molar-refractivity contribution in [1.29, 1.82) is 0 Å². The van der Waals surface area contributed by atoms with Gasteiger partial charge in [0.15, 0.2) is 0 Å². The van der Waals surface area contributed by atoms with Crippen molar-refractivity contribution >= 4 is 6.09 Å². The van der Waals surface area contributed by atoms with Crippen molar-refractivity contribution in [2.45, 2.75) is 52.2 Å². The molecule has 0 spiro atoms. The van der Waals surface area contributed by atoms with Crippen molar-refractivity contribution in [2.24, 2.45) is 0 Å². The van der Waals surface area contributed by atoms with Crippen LogP contribution in [-0.2, 0) is 4.74 Å². The molecule has 2 rings (SSSR count). The van der Waals surface area contributed by atoms with Gasteiger partial charge in [-0.05, 0) is 39.8 Å². The van der Waals surface area contributed by atoms with Gasteiger partial charge in [-0.15, -0.1) is 0 Å². The third-order valence-electron chi connectivity index (χ3n) is 3.28. The summed E-state index contributed by atoms with van der Waals surface area (Å²) in [5.74, 6) is 0.788. The number of aryl methyl sites for hydroxylation is 1. The molecule has 2 heterocycles. The van der Waals surface area contributed by atoms with Crippen molar-refractivity contribution in [1.82, 2.24) is 9.88 Å². The Hall–Kier alpha value is -1.78. The minimum Gasteiger partial charge on any atom is -0.489 e. The average molecular weight is 292 g/mol. The minimum atomic E-state index is -0.446. The van der Waals surface area contributed by atoms with Crippen molar-refractivity contribution < 1.29 is 14.3 Å². The normalized spacial score (nSPS) is 16.7. The van der Waals surface area contributed by atoms with Gasteiger partial charge in [-0.25, -0.2) is 4.79 Å². The van der Waals surface area contributed by atoms with Gasteiger partial charge in [0.25, 0.3) is 0 Å². The second-order valence-electron chi connectivity index (χ2n) is 6.42. The Morgan fingerprint density at radius 3 is 2.48 bits per heavy atom. The summed E-state index contributed by atoms with van der Waals surface area (Å²) in [6.45, 7) is 8.92. The summed E-state index contributed by atoms with van der Waals surface area (Å²) >= 11 is 0. The Morgan fingerprint density at radius 2 is 1.95 bits per heavy atom. The summed E-state index contributed by atoms with van der Waals surface area (Å²) in [6, 6.07) is 3.87. The summed E-state index contributed by atoms with van der Waals surface area (Å²) in [4.78, 5) is 17.9. The number of likely N-dealkylation sites (tertiary alicyclic amines) is 1. The number of amides is 1. The van der Waals surface area contributed by atoms with Gasteiger partial charge < -0.3 is 14.4 Å². The maximum atomic E-state index is 12.0. The maximum Gasteiger partial charge on any atom is 0.410 e. The van der Waals surface area contributed by atoms with Gasteiger partial charge in [-0.2, -0.15) is 0 Å². The predicted octanol–water partition coefficient (Wildman–Crippen LogP) is 3.17. The molecule has 0 N–H and O–H groups in total. The molecule has 116 valence electrons. The van der Waals surface area contributed by atoms with Crippen LogP contribution in [0.25, 0.3) is 0 Å². The first-order valence-corrected chi connectivity index (χ1v) is 7.41. The zero-order valence-electron chi connectivity index (χ0n) is 13.3. The monoisotopic (exact) mass is 292 g/mol. The van der Waals surface area contributed by atoms with Gasteiger partial charge in [0.1, 0.15) is 17.5 Å². The zero-order valence-corrected chi connectivity index (χ0v) is 13.3. The van der Waals surface area contributed by atoms with E-state index < -0.39 is 5.60 Å². The molecule has 0 atom stereocenters. The first-order valence-electron chi connectivity index (χ1n) is 7.41. The maximum absolute atomic E-state index is 12.0. The van der Waals surface area contributed by atoms with E-state index in [-0.39, 0.29) is 12.2 Å². The van der Waals surface area contributed by atoms with Crippen LogP contribution >= 0.6 is 0 Å². The van der Waals surface area contributed by atoms with Crippen LogP contribution in [0.1, 0.15) is 39.3 Å². The van der Waals surface area contributed by atoms with Crippen molar-refractivity contribution in [3.05, 3.63) is 24.0 Å². The van der Waals surface area contributed by atoms with Crippen molar-refractivity contribution in [3.8, 4) is 5.75 Å². The number of aromatic nitrogens is 1. The number of carbonyl (C=O) groups is 1. The first kappa shape index (κ1) is 15.6. The number of carbonyl (C=O) groups excluding carboxylic acids is 1. The number of hydrogen-bond donors (Lipinski definition) is 0. The van der Waals surface area contributed by atoms with Crippen LogP contribution in [0.4, 0.5) is 4.79 Å². The van der Waals surface area contributed by atoms with Gasteiger partial charge in [0.05, 0.1) is 6.20 Å². The molecular weight excluding hydrogens is 268 g/mol. The van der Waals surface area contributed by atoms with Crippen LogP contribution in [0.3, 0.4) is 0 Å². The van der Waals surface area contributed by atoms with Crippen molar-refractivity contribution in [3.63, 3.8) is 0 Å². The minimum absolute atomic E-state index is 0.133. The van der Waals surface area contributed by atoms with E-state index in [0.29, 0.717) is 13.1 Å². The number of piperidine rings is 1. The third kappa shape index (κ3) is 4.92. The largest absolute Gasteiger partial charge is 0.489 e. The molecule has 1 aliphatic heterocycles. The zero-order chi connectivity index (χ0) is 15.5. The lowest BCUT2D eigenvalue weighted by atomic mass is 10.1. The van der Waals surface area contributed by atoms with E-state index in [0.717, 1.165) is 24.3 Å². The van der Waals surface area contributed by atoms with Crippen LogP contribution in [0.15, 0.2) is 18.3 Å². The molecule has 1 saturated heterocycles. The lowest BCUT2D eigenvalue weighted by molar-refractivity contribution is 0.0126. The van der Waals surface area contributed by atoms with E-state index in [1.54, 1.807) is 11.1 Å². The highest BCUT2D eigenvalue weighted by Crippen LogP contribution is 2.20. The fourth-order valence-electron chi connectivity index (χ4n) is 2.20. The molecule has 0 aromatic carbocycles. The molecule has 5 heteroatoms. The Bertz CT molecular complexity index is 471. The number of hydrogen-bond acceptors (Lipinski definition) is 4. The lowest BCUT2D eigenvalue weighted by Gasteiger charge is -2.33. The number of ether oxygens (including phenoxy) is 2. The highest BCUT2D eigenvalue weighted by molar-refractivity contribution is 5.68. The molecule has 0 radical (unpaired) electrons. The lowest BCUT2D eigenvalue weighted by Crippen LogP contribution is -2.44. The molecule has 1 fully saturated rings. The Morgan fingerprint density at radius 1 is 1.29 bits per heavy atom. The molecule has 0 bridgehead atoms. The summed E-state index contributed by atoms with van der Waals surface area (Å²) in [6.07, 6.45) is 3.27. The van der Waals surface area contributed by atoms with E-state index >= 15 is 0 Å². The second kappa shape index (κ2) is 6.33. The quantitative estimate of drug-likeness (QED) is 0.840. The molecule has 5 nitrogen and oxygen atoms in total. The van der Waals surface area contributed by atoms with E-state index in [9.17, 15) is 4.79 Å². The van der Waals surface area contributed by atoms with Gasteiger partial charge >= 0.3 is 6.09 Å². The van der Waals surface area contributed by atoms with Crippen LogP contribution < -0.4 is 4.74 Å². The van der Waals surface area contributed by atoms with E-state index in [4.69, 9.17) is 9.47 Å². The van der Waals surface area contributed by atoms with Crippen LogP contribution in [-0.4, -0.2) is 40.8 Å². The fraction of sp³-hybridized carbons (Fsp3) is 0.625. The second-order valence-corrected chi connectivity index (χ2v) is 6.42. The van der Waals surface area contributed by atoms with Crippen molar-refractivity contribution in [2.75, 3.05) is 13.1 Å². The highest BCUT2D eigenvalue weighted by atomic mass is 16.6. The molecule has 21 heavy (non-hydrogen) atoms. The Balaban J connectivity index is 1.80. The summed E-state index contributed by atoms with van der Waals surface area (Å²) < 4.78 is 11.3. The van der Waals surface area contributed by atoms with Crippen LogP contribution in [0, 0.1) is 6.92 Å². The average Bonchev–Trinajstić information content (AvgIpc) is 2.40. The summed E-state index contributed by atoms with van der Waals surface area (Å²) in [5, 5.41) is 0. The summed E-state index contributed by atoms with van der Waals surface area (Å²) in [5.41, 5.74) is 0.528. The Kier molecular flexibility index (Phi) is 4.70. The van der Waals surface area contributed by atoms with E-state index in [2.05, 4.69) is 4.98 Å². The molecule has 0 unspecified atom stereocenters. The Labute approximate surface area is 126 Å². The molecule has 1 aromatic heterocycles. The first-order chi connectivity index (χ1) is 9.83. The van der Waals surface area contributed by atoms with Gasteiger partial charge in [-0.3, -0.25) is 4.98 Å². The highest BCUT2D eigenvalue weighted by Gasteiger charge is 2.27. The van der Waals surface area contributed by atoms with Crippen LogP contribution in [0.2, 0.25) is 0 Å². The van der Waals surface area contributed by atoms with Gasteiger partial charge in [0, 0.05) is 31.6 Å². The molecule has 0 aliphatic carbocycles. The van der Waals surface area contributed by atoms with E-state index in [1.165, 1.54) is 0 Å². The SMILES string of the molecule is Cc1ccc(OC2CCN(C(=O)OC(C)(C)C)CC2)cn1. The molecule has 1 aliphatic rings. The fourth-order valence-corrected chi connectivity index (χ4v) is 2.20. The number of nitrogens with zero attached hydrogens (tertiary/aromatic N) is 2. The van der Waals surface area contributed by atoms with E-state index in [1.807, 2.05) is 39.8 Å². The number of rotatable bonds is 2. The van der Waals surface area contributed by atoms with Gasteiger partial charge in [-0.1, -0.05) is 0 Å². The van der Waals surface area contributed by atoms with Crippen LogP contribution in [0.5, 0.6) is 5.75 Å². The number of pyridine rings is 1. The third-order valence-corrected chi connectivity index (χ3v) is 3.28.